The maximum absolute atomic E-state index is 11.8. The fourth-order valence-corrected chi connectivity index (χ4v) is 1.87. The van der Waals surface area contributed by atoms with Crippen LogP contribution in [0.15, 0.2) is 67.3 Å². The number of urea groups is 1. The highest BCUT2D eigenvalue weighted by molar-refractivity contribution is 5.92. The van der Waals surface area contributed by atoms with E-state index in [1.165, 1.54) is 0 Å². The average molecular weight is 325 g/mol. The van der Waals surface area contributed by atoms with Crippen molar-refractivity contribution in [3.63, 3.8) is 0 Å². The van der Waals surface area contributed by atoms with Crippen LogP contribution in [0.25, 0.3) is 0 Å². The predicted octanol–water partition coefficient (Wildman–Crippen LogP) is 3.01. The van der Waals surface area contributed by atoms with Crippen LogP contribution in [0.5, 0.6) is 5.75 Å². The van der Waals surface area contributed by atoms with Gasteiger partial charge in [0.15, 0.2) is 6.61 Å². The Bertz CT molecular complexity index is 702. The van der Waals surface area contributed by atoms with E-state index in [2.05, 4.69) is 22.5 Å². The topological polar surface area (TPSA) is 79.5 Å². The predicted molar refractivity (Wildman–Crippen MR) is 94.2 cm³/mol. The monoisotopic (exact) mass is 325 g/mol. The lowest BCUT2D eigenvalue weighted by Crippen LogP contribution is -2.28. The molecule has 3 amide bonds. The summed E-state index contributed by atoms with van der Waals surface area (Å²) in [7, 11) is 0. The first-order valence-electron chi connectivity index (χ1n) is 7.41. The Balaban J connectivity index is 1.84. The van der Waals surface area contributed by atoms with Gasteiger partial charge in [-0.3, -0.25) is 4.79 Å². The Hall–Kier alpha value is -3.28. The summed E-state index contributed by atoms with van der Waals surface area (Å²) >= 11 is 0. The molecule has 0 saturated carbocycles. The normalized spacial score (nSPS) is 9.67. The zero-order chi connectivity index (χ0) is 17.2. The van der Waals surface area contributed by atoms with Gasteiger partial charge in [0.1, 0.15) is 5.75 Å². The van der Waals surface area contributed by atoms with Crippen molar-refractivity contribution in [1.82, 2.24) is 5.32 Å². The highest BCUT2D eigenvalue weighted by Crippen LogP contribution is 2.17. The summed E-state index contributed by atoms with van der Waals surface area (Å²) in [5.41, 5.74) is 1.28. The minimum Gasteiger partial charge on any atom is -0.484 e. The second-order valence-corrected chi connectivity index (χ2v) is 4.85. The Morgan fingerprint density at radius 2 is 1.75 bits per heavy atom. The van der Waals surface area contributed by atoms with Gasteiger partial charge in [0.25, 0.3) is 5.91 Å². The van der Waals surface area contributed by atoms with Crippen LogP contribution >= 0.6 is 0 Å². The molecule has 0 saturated heterocycles. The first-order chi connectivity index (χ1) is 11.7. The highest BCUT2D eigenvalue weighted by atomic mass is 16.5. The standard InChI is InChI=1S/C18H19N3O3/c1-2-11-19-18(23)21-15-9-6-10-16(12-15)24-13-17(22)20-14-7-4-3-5-8-14/h2-10,12H,1,11,13H2,(H,20,22)(H2,19,21,23). The first-order valence-corrected chi connectivity index (χ1v) is 7.41. The molecule has 0 aliphatic carbocycles. The molecule has 6 nitrogen and oxygen atoms in total. The molecule has 0 spiro atoms. The maximum atomic E-state index is 11.8. The van der Waals surface area contributed by atoms with Crippen LogP contribution in [0.2, 0.25) is 0 Å². The first kappa shape index (κ1) is 17.1. The summed E-state index contributed by atoms with van der Waals surface area (Å²) in [6.07, 6.45) is 1.59. The molecule has 0 bridgehead atoms. The number of rotatable bonds is 7. The van der Waals surface area contributed by atoms with Gasteiger partial charge in [-0.05, 0) is 24.3 Å². The van der Waals surface area contributed by atoms with Crippen LogP contribution in [0, 0.1) is 0 Å². The number of para-hydroxylation sites is 1. The van der Waals surface area contributed by atoms with E-state index in [-0.39, 0.29) is 18.5 Å². The van der Waals surface area contributed by atoms with Crippen LogP contribution in [-0.4, -0.2) is 25.1 Å². The average Bonchev–Trinajstić information content (AvgIpc) is 2.59. The Morgan fingerprint density at radius 1 is 1.00 bits per heavy atom. The summed E-state index contributed by atoms with van der Waals surface area (Å²) in [5, 5.41) is 8.00. The third kappa shape index (κ3) is 5.84. The van der Waals surface area contributed by atoms with Crippen molar-refractivity contribution in [2.75, 3.05) is 23.8 Å². The molecule has 0 heterocycles. The number of hydrogen-bond acceptors (Lipinski definition) is 3. The molecule has 0 fully saturated rings. The van der Waals surface area contributed by atoms with Crippen molar-refractivity contribution < 1.29 is 14.3 Å². The SMILES string of the molecule is C=CCNC(=O)Nc1cccc(OCC(=O)Nc2ccccc2)c1. The Kier molecular flexibility index (Phi) is 6.40. The van der Waals surface area contributed by atoms with Crippen LogP contribution in [0.3, 0.4) is 0 Å². The molecule has 6 heteroatoms. The lowest BCUT2D eigenvalue weighted by Gasteiger charge is -2.10. The van der Waals surface area contributed by atoms with E-state index >= 15 is 0 Å². The number of carbonyl (C=O) groups is 2. The summed E-state index contributed by atoms with van der Waals surface area (Å²) in [6.45, 7) is 3.78. The van der Waals surface area contributed by atoms with Crippen LogP contribution in [0.1, 0.15) is 0 Å². The molecule has 0 aromatic heterocycles. The van der Waals surface area contributed by atoms with Gasteiger partial charge >= 0.3 is 6.03 Å². The summed E-state index contributed by atoms with van der Waals surface area (Å²) < 4.78 is 5.44. The smallest absolute Gasteiger partial charge is 0.319 e. The van der Waals surface area contributed by atoms with Crippen molar-refractivity contribution in [3.8, 4) is 5.75 Å². The van der Waals surface area contributed by atoms with Gasteiger partial charge in [0, 0.05) is 24.0 Å². The second kappa shape index (κ2) is 8.99. The lowest BCUT2D eigenvalue weighted by atomic mass is 10.3. The fraction of sp³-hybridized carbons (Fsp3) is 0.111. The van der Waals surface area contributed by atoms with Gasteiger partial charge in [0.2, 0.25) is 0 Å². The molecule has 0 unspecified atom stereocenters. The molecule has 0 aliphatic rings. The summed E-state index contributed by atoms with van der Waals surface area (Å²) in [5.74, 6) is 0.225. The molecular formula is C18H19N3O3. The highest BCUT2D eigenvalue weighted by Gasteiger charge is 2.05. The molecule has 0 atom stereocenters. The van der Waals surface area contributed by atoms with Crippen LogP contribution in [-0.2, 0) is 4.79 Å². The third-order valence-corrected chi connectivity index (χ3v) is 2.93. The summed E-state index contributed by atoms with van der Waals surface area (Å²) in [6, 6.07) is 15.6. The van der Waals surface area contributed by atoms with Crippen molar-refractivity contribution >= 4 is 23.3 Å². The molecule has 3 N–H and O–H groups in total. The zero-order valence-corrected chi connectivity index (χ0v) is 13.1. The largest absolute Gasteiger partial charge is 0.484 e. The van der Waals surface area contributed by atoms with Crippen molar-refractivity contribution in [1.29, 1.82) is 0 Å². The van der Waals surface area contributed by atoms with Gasteiger partial charge < -0.3 is 20.7 Å². The fourth-order valence-electron chi connectivity index (χ4n) is 1.87. The molecule has 0 radical (unpaired) electrons. The molecule has 124 valence electrons. The van der Waals surface area contributed by atoms with E-state index in [0.717, 1.165) is 0 Å². The van der Waals surface area contributed by atoms with Crippen molar-refractivity contribution in [2.45, 2.75) is 0 Å². The van der Waals surface area contributed by atoms with E-state index in [9.17, 15) is 9.59 Å². The third-order valence-electron chi connectivity index (χ3n) is 2.93. The number of anilines is 2. The number of amides is 3. The number of benzene rings is 2. The molecule has 2 aromatic carbocycles. The Labute approximate surface area is 140 Å². The zero-order valence-electron chi connectivity index (χ0n) is 13.1. The van der Waals surface area contributed by atoms with Gasteiger partial charge in [-0.25, -0.2) is 4.79 Å². The van der Waals surface area contributed by atoms with Gasteiger partial charge in [-0.1, -0.05) is 30.3 Å². The van der Waals surface area contributed by atoms with Gasteiger partial charge in [0.05, 0.1) is 0 Å². The van der Waals surface area contributed by atoms with E-state index in [4.69, 9.17) is 4.74 Å². The minimum absolute atomic E-state index is 0.124. The van der Waals surface area contributed by atoms with Crippen molar-refractivity contribution in [2.24, 2.45) is 0 Å². The van der Waals surface area contributed by atoms with E-state index < -0.39 is 0 Å². The molecule has 24 heavy (non-hydrogen) atoms. The van der Waals surface area contributed by atoms with Gasteiger partial charge in [-0.2, -0.15) is 0 Å². The summed E-state index contributed by atoms with van der Waals surface area (Å²) in [4.78, 5) is 23.4. The lowest BCUT2D eigenvalue weighted by molar-refractivity contribution is -0.118. The van der Waals surface area contributed by atoms with E-state index in [1.54, 1.807) is 42.5 Å². The van der Waals surface area contributed by atoms with Gasteiger partial charge in [-0.15, -0.1) is 6.58 Å². The minimum atomic E-state index is -0.339. The van der Waals surface area contributed by atoms with Crippen molar-refractivity contribution in [3.05, 3.63) is 67.3 Å². The number of nitrogens with one attached hydrogen (secondary N) is 3. The second-order valence-electron chi connectivity index (χ2n) is 4.85. The van der Waals surface area contributed by atoms with Crippen LogP contribution in [0.4, 0.5) is 16.2 Å². The van der Waals surface area contributed by atoms with E-state index in [0.29, 0.717) is 23.7 Å². The number of carbonyl (C=O) groups excluding carboxylic acids is 2. The van der Waals surface area contributed by atoms with Crippen LogP contribution < -0.4 is 20.7 Å². The molecule has 2 aromatic rings. The number of hydrogen-bond donors (Lipinski definition) is 3. The maximum Gasteiger partial charge on any atom is 0.319 e. The van der Waals surface area contributed by atoms with E-state index in [1.807, 2.05) is 18.2 Å². The molecule has 0 aliphatic heterocycles. The number of ether oxygens (including phenoxy) is 1. The Morgan fingerprint density at radius 3 is 2.50 bits per heavy atom. The quantitative estimate of drug-likeness (QED) is 0.685. The molecular weight excluding hydrogens is 306 g/mol. The molecule has 2 rings (SSSR count).